The summed E-state index contributed by atoms with van der Waals surface area (Å²) in [4.78, 5) is 27.0. The summed E-state index contributed by atoms with van der Waals surface area (Å²) in [5, 5.41) is 5.16. The Hall–Kier alpha value is -2.70. The molecule has 7 nitrogen and oxygen atoms in total. The first-order valence-electron chi connectivity index (χ1n) is 5.30. The van der Waals surface area contributed by atoms with Crippen molar-refractivity contribution < 1.29 is 4.79 Å². The van der Waals surface area contributed by atoms with Crippen molar-refractivity contribution in [3.8, 4) is 11.5 Å². The van der Waals surface area contributed by atoms with Crippen LogP contribution in [0.1, 0.15) is 11.4 Å². The van der Waals surface area contributed by atoms with Crippen LogP contribution in [0.5, 0.6) is 0 Å². The lowest BCUT2D eigenvalue weighted by Crippen LogP contribution is -2.32. The molecule has 1 aliphatic rings. The number of rotatable bonds is 1. The van der Waals surface area contributed by atoms with Gasteiger partial charge in [-0.2, -0.15) is 0 Å². The molecule has 0 saturated carbocycles. The van der Waals surface area contributed by atoms with E-state index >= 15 is 0 Å². The highest BCUT2D eigenvalue weighted by Gasteiger charge is 2.23. The molecule has 0 unspecified atom stereocenters. The number of fused-ring (bicyclic) bond motifs is 1. The zero-order chi connectivity index (χ0) is 12.7. The molecule has 0 aromatic carbocycles. The molecule has 0 aliphatic carbocycles. The summed E-state index contributed by atoms with van der Waals surface area (Å²) in [6, 6.07) is -0.346. The normalized spacial score (nSPS) is 13.8. The van der Waals surface area contributed by atoms with Crippen molar-refractivity contribution in [2.24, 2.45) is 0 Å². The summed E-state index contributed by atoms with van der Waals surface area (Å²) in [6.07, 6.45) is 3.21. The van der Waals surface area contributed by atoms with Gasteiger partial charge in [0.05, 0.1) is 11.4 Å². The van der Waals surface area contributed by atoms with Crippen molar-refractivity contribution >= 4 is 17.5 Å². The van der Waals surface area contributed by atoms with Crippen LogP contribution >= 0.6 is 0 Å². The van der Waals surface area contributed by atoms with Crippen LogP contribution in [0.25, 0.3) is 17.2 Å². The maximum Gasteiger partial charge on any atom is 0.324 e. The third-order valence-electron chi connectivity index (χ3n) is 2.61. The van der Waals surface area contributed by atoms with Crippen molar-refractivity contribution in [3.63, 3.8) is 0 Å². The lowest BCUT2D eigenvalue weighted by molar-refractivity contribution is 0.255. The smallest absolute Gasteiger partial charge is 0.324 e. The minimum Gasteiger partial charge on any atom is -0.334 e. The molecular formula is C11H10N6O. The number of aromatic amines is 1. The minimum atomic E-state index is -0.346. The van der Waals surface area contributed by atoms with Gasteiger partial charge in [0.25, 0.3) is 0 Å². The molecule has 18 heavy (non-hydrogen) atoms. The van der Waals surface area contributed by atoms with Crippen LogP contribution in [-0.4, -0.2) is 26.0 Å². The van der Waals surface area contributed by atoms with Gasteiger partial charge in [-0.25, -0.2) is 14.8 Å². The predicted octanol–water partition coefficient (Wildman–Crippen LogP) is 1.28. The average molecular weight is 242 g/mol. The molecule has 2 aromatic rings. The first kappa shape index (κ1) is 10.5. The first-order valence-corrected chi connectivity index (χ1v) is 5.30. The number of aromatic nitrogens is 4. The lowest BCUT2D eigenvalue weighted by atomic mass is 10.3. The molecule has 7 heteroatoms. The number of imidazole rings is 1. The number of hydrogen-bond donors (Lipinski definition) is 3. The third-order valence-corrected chi connectivity index (χ3v) is 2.61. The predicted molar refractivity (Wildman–Crippen MR) is 65.5 cm³/mol. The summed E-state index contributed by atoms with van der Waals surface area (Å²) < 4.78 is 0. The Bertz CT molecular complexity index is 659. The molecule has 1 aliphatic heterocycles. The van der Waals surface area contributed by atoms with Gasteiger partial charge in [-0.1, -0.05) is 6.58 Å². The number of nitrogens with one attached hydrogen (secondary N) is 3. The topological polar surface area (TPSA) is 95.6 Å². The Morgan fingerprint density at radius 2 is 2.00 bits per heavy atom. The van der Waals surface area contributed by atoms with E-state index in [1.165, 1.54) is 0 Å². The van der Waals surface area contributed by atoms with Crippen LogP contribution in [0, 0.1) is 6.92 Å². The van der Waals surface area contributed by atoms with Gasteiger partial charge in [-0.3, -0.25) is 10.3 Å². The van der Waals surface area contributed by atoms with E-state index in [0.29, 0.717) is 28.7 Å². The Labute approximate surface area is 102 Å². The molecule has 2 aromatic heterocycles. The second-order valence-electron chi connectivity index (χ2n) is 3.86. The number of urea groups is 1. The fraction of sp³-hybridized carbons (Fsp3) is 0.0909. The maximum atomic E-state index is 11.3. The first-order chi connectivity index (χ1) is 8.65. The number of carbonyl (C=O) groups excluding carboxylic acids is 1. The summed E-state index contributed by atoms with van der Waals surface area (Å²) in [5.74, 6) is 1.000. The van der Waals surface area contributed by atoms with Crippen molar-refractivity contribution in [2.45, 2.75) is 6.92 Å². The number of nitrogens with zero attached hydrogens (tertiary/aromatic N) is 3. The summed E-state index contributed by atoms with van der Waals surface area (Å²) in [7, 11) is 0. The maximum absolute atomic E-state index is 11.3. The molecule has 0 bridgehead atoms. The molecule has 0 atom stereocenters. The van der Waals surface area contributed by atoms with Gasteiger partial charge in [0.1, 0.15) is 11.4 Å². The zero-order valence-corrected chi connectivity index (χ0v) is 9.61. The SMILES string of the molecule is C=C1NC(=O)Nc2nc(-c3nccnc3C)[nH]c21. The number of amides is 2. The Morgan fingerprint density at radius 1 is 1.22 bits per heavy atom. The number of carbonyl (C=O) groups is 1. The van der Waals surface area contributed by atoms with Gasteiger partial charge in [-0.15, -0.1) is 0 Å². The van der Waals surface area contributed by atoms with E-state index in [1.807, 2.05) is 6.92 Å². The van der Waals surface area contributed by atoms with E-state index in [4.69, 9.17) is 0 Å². The number of anilines is 1. The van der Waals surface area contributed by atoms with Gasteiger partial charge in [0.2, 0.25) is 0 Å². The van der Waals surface area contributed by atoms with E-state index in [0.717, 1.165) is 5.69 Å². The van der Waals surface area contributed by atoms with E-state index in [1.54, 1.807) is 12.4 Å². The molecule has 0 radical (unpaired) electrons. The van der Waals surface area contributed by atoms with Gasteiger partial charge in [0.15, 0.2) is 11.6 Å². The highest BCUT2D eigenvalue weighted by molar-refractivity contribution is 6.01. The quantitative estimate of drug-likeness (QED) is 0.701. The van der Waals surface area contributed by atoms with Crippen LogP contribution in [-0.2, 0) is 0 Å². The molecule has 3 rings (SSSR count). The van der Waals surface area contributed by atoms with Crippen LogP contribution < -0.4 is 10.6 Å². The largest absolute Gasteiger partial charge is 0.334 e. The van der Waals surface area contributed by atoms with E-state index in [-0.39, 0.29) is 6.03 Å². The Kier molecular flexibility index (Phi) is 2.12. The van der Waals surface area contributed by atoms with Crippen LogP contribution in [0.15, 0.2) is 19.0 Å². The molecule has 90 valence electrons. The second kappa shape index (κ2) is 3.66. The zero-order valence-electron chi connectivity index (χ0n) is 9.61. The summed E-state index contributed by atoms with van der Waals surface area (Å²) in [5.41, 5.74) is 2.53. The molecule has 2 amide bonds. The highest BCUT2D eigenvalue weighted by atomic mass is 16.2. The number of aryl methyl sites for hydroxylation is 1. The molecule has 0 spiro atoms. The van der Waals surface area contributed by atoms with Gasteiger partial charge < -0.3 is 10.3 Å². The standard InChI is InChI=1S/C11H10N6O/c1-5-7(13-4-3-12-5)9-15-8-6(2)14-11(18)17-10(8)16-9/h3-4H,2H2,1H3,(H,15,16)(H2,14,17,18). The molecular weight excluding hydrogens is 232 g/mol. The molecule has 3 N–H and O–H groups in total. The summed E-state index contributed by atoms with van der Waals surface area (Å²) >= 11 is 0. The minimum absolute atomic E-state index is 0.346. The van der Waals surface area contributed by atoms with E-state index < -0.39 is 0 Å². The second-order valence-corrected chi connectivity index (χ2v) is 3.86. The van der Waals surface area contributed by atoms with E-state index in [2.05, 4.69) is 37.1 Å². The van der Waals surface area contributed by atoms with Crippen LogP contribution in [0.2, 0.25) is 0 Å². The van der Waals surface area contributed by atoms with Gasteiger partial charge in [-0.05, 0) is 6.92 Å². The van der Waals surface area contributed by atoms with Gasteiger partial charge in [0, 0.05) is 12.4 Å². The average Bonchev–Trinajstić information content (AvgIpc) is 2.73. The van der Waals surface area contributed by atoms with Gasteiger partial charge >= 0.3 is 6.03 Å². The van der Waals surface area contributed by atoms with E-state index in [9.17, 15) is 4.79 Å². The monoisotopic (exact) mass is 242 g/mol. The van der Waals surface area contributed by atoms with Crippen LogP contribution in [0.3, 0.4) is 0 Å². The number of H-pyrrole nitrogens is 1. The molecule has 0 saturated heterocycles. The third kappa shape index (κ3) is 1.53. The fourth-order valence-corrected chi connectivity index (χ4v) is 1.77. The molecule has 3 heterocycles. The Balaban J connectivity index is 2.12. The van der Waals surface area contributed by atoms with Crippen molar-refractivity contribution in [3.05, 3.63) is 30.4 Å². The Morgan fingerprint density at radius 3 is 2.78 bits per heavy atom. The van der Waals surface area contributed by atoms with Crippen molar-refractivity contribution in [1.29, 1.82) is 0 Å². The highest BCUT2D eigenvalue weighted by Crippen LogP contribution is 2.26. The molecule has 0 fully saturated rings. The number of hydrogen-bond acceptors (Lipinski definition) is 4. The fourth-order valence-electron chi connectivity index (χ4n) is 1.77. The summed E-state index contributed by atoms with van der Waals surface area (Å²) in [6.45, 7) is 5.60. The lowest BCUT2D eigenvalue weighted by Gasteiger charge is -2.14. The van der Waals surface area contributed by atoms with Crippen molar-refractivity contribution in [2.75, 3.05) is 5.32 Å². The van der Waals surface area contributed by atoms with Crippen molar-refractivity contribution in [1.82, 2.24) is 25.3 Å². The van der Waals surface area contributed by atoms with Crippen LogP contribution in [0.4, 0.5) is 10.6 Å².